The quantitative estimate of drug-likeness (QED) is 0.308. The molecule has 0 fully saturated rings. The summed E-state index contributed by atoms with van der Waals surface area (Å²) in [6.45, 7) is 6.01. The Morgan fingerprint density at radius 3 is 2.53 bits per heavy atom. The molecule has 5 nitrogen and oxygen atoms in total. The Morgan fingerprint density at radius 1 is 1.29 bits per heavy atom. The average Bonchev–Trinajstić information content (AvgIpc) is 2.34. The lowest BCUT2D eigenvalue weighted by Crippen LogP contribution is -2.58. The number of hydrogen-bond acceptors (Lipinski definition) is 5. The van der Waals surface area contributed by atoms with Crippen molar-refractivity contribution in [1.29, 1.82) is 0 Å². The Bertz CT molecular complexity index is 181. The number of aliphatic hydroxyl groups is 2. The van der Waals surface area contributed by atoms with Crippen LogP contribution in [0.15, 0.2) is 0 Å². The predicted octanol–water partition coefficient (Wildman–Crippen LogP) is 0.0716. The van der Waals surface area contributed by atoms with E-state index in [1.165, 1.54) is 0 Å². The highest BCUT2D eigenvalue weighted by Gasteiger charge is 2.34. The second kappa shape index (κ2) is 9.79. The first kappa shape index (κ1) is 16.8. The van der Waals surface area contributed by atoms with E-state index in [0.717, 1.165) is 25.8 Å². The topological polar surface area (TPSA) is 73.8 Å². The molecule has 0 bridgehead atoms. The molecular weight excluding hydrogens is 220 g/mol. The van der Waals surface area contributed by atoms with Crippen LogP contribution in [0.25, 0.3) is 0 Å². The van der Waals surface area contributed by atoms with Crippen LogP contribution in [0.4, 0.5) is 0 Å². The van der Waals surface area contributed by atoms with Crippen molar-refractivity contribution in [1.82, 2.24) is 10.6 Å². The van der Waals surface area contributed by atoms with Gasteiger partial charge in [-0.05, 0) is 26.4 Å². The van der Waals surface area contributed by atoms with Gasteiger partial charge in [-0.25, -0.2) is 0 Å². The number of nitrogens with one attached hydrogen (secondary N) is 2. The fraction of sp³-hybridized carbons (Fsp3) is 1.00. The summed E-state index contributed by atoms with van der Waals surface area (Å²) in [6, 6.07) is 0. The Hall–Kier alpha value is -0.200. The maximum Gasteiger partial charge on any atom is 0.139 e. The molecule has 0 heterocycles. The molecule has 0 radical (unpaired) electrons. The van der Waals surface area contributed by atoms with Crippen LogP contribution in [0, 0.1) is 0 Å². The van der Waals surface area contributed by atoms with Gasteiger partial charge in [0.1, 0.15) is 11.8 Å². The fourth-order valence-electron chi connectivity index (χ4n) is 1.47. The molecule has 0 aromatic rings. The lowest BCUT2D eigenvalue weighted by atomic mass is 10.0. The normalized spacial score (nSPS) is 16.8. The van der Waals surface area contributed by atoms with E-state index in [1.54, 1.807) is 7.05 Å². The SMILES string of the molecule is CCCCOC[C@](O)(CNCCC)[C@@H](O)NC. The number of likely N-dealkylation sites (N-methyl/N-ethyl adjacent to an activating group) is 1. The zero-order valence-electron chi connectivity index (χ0n) is 11.3. The van der Waals surface area contributed by atoms with Gasteiger partial charge in [0.2, 0.25) is 0 Å². The summed E-state index contributed by atoms with van der Waals surface area (Å²) in [5.74, 6) is 0. The summed E-state index contributed by atoms with van der Waals surface area (Å²) in [4.78, 5) is 0. The molecule has 0 amide bonds. The summed E-state index contributed by atoms with van der Waals surface area (Å²) in [5.41, 5.74) is -1.28. The minimum Gasteiger partial charge on any atom is -0.382 e. The van der Waals surface area contributed by atoms with Crippen molar-refractivity contribution >= 4 is 0 Å². The number of aliphatic hydroxyl groups excluding tert-OH is 1. The van der Waals surface area contributed by atoms with Crippen LogP contribution in [-0.2, 0) is 4.74 Å². The molecule has 0 aromatic heterocycles. The molecule has 0 aliphatic carbocycles. The van der Waals surface area contributed by atoms with Crippen LogP contribution < -0.4 is 10.6 Å². The van der Waals surface area contributed by atoms with Gasteiger partial charge in [-0.3, -0.25) is 5.32 Å². The lowest BCUT2D eigenvalue weighted by Gasteiger charge is -2.32. The van der Waals surface area contributed by atoms with Crippen molar-refractivity contribution in [2.75, 3.05) is 33.4 Å². The molecular formula is C12H28N2O3. The molecule has 4 N–H and O–H groups in total. The van der Waals surface area contributed by atoms with Crippen LogP contribution in [0.2, 0.25) is 0 Å². The lowest BCUT2D eigenvalue weighted by molar-refractivity contribution is -0.127. The van der Waals surface area contributed by atoms with Crippen molar-refractivity contribution in [3.05, 3.63) is 0 Å². The second-order valence-corrected chi connectivity index (χ2v) is 4.38. The van der Waals surface area contributed by atoms with Crippen molar-refractivity contribution in [2.24, 2.45) is 0 Å². The standard InChI is InChI=1S/C12H28N2O3/c1-4-6-8-17-10-12(16,11(15)13-3)9-14-7-5-2/h11,13-16H,4-10H2,1-3H3/t11-,12-/m1/s1. The number of unbranched alkanes of at least 4 members (excludes halogenated alkanes) is 1. The first-order valence-corrected chi connectivity index (χ1v) is 6.46. The maximum absolute atomic E-state index is 10.3. The van der Waals surface area contributed by atoms with Crippen molar-refractivity contribution in [3.63, 3.8) is 0 Å². The Kier molecular flexibility index (Phi) is 9.68. The highest BCUT2D eigenvalue weighted by molar-refractivity contribution is 4.86. The summed E-state index contributed by atoms with van der Waals surface area (Å²) in [5, 5.41) is 25.8. The minimum atomic E-state index is -1.28. The highest BCUT2D eigenvalue weighted by atomic mass is 16.5. The molecule has 104 valence electrons. The molecule has 0 aliphatic rings. The summed E-state index contributed by atoms with van der Waals surface area (Å²) in [6.07, 6.45) is 2.02. The van der Waals surface area contributed by atoms with Crippen molar-refractivity contribution in [3.8, 4) is 0 Å². The van der Waals surface area contributed by atoms with E-state index in [0.29, 0.717) is 13.2 Å². The van der Waals surface area contributed by atoms with Gasteiger partial charge in [0, 0.05) is 13.2 Å². The first-order chi connectivity index (χ1) is 8.10. The Morgan fingerprint density at radius 2 is 2.00 bits per heavy atom. The van der Waals surface area contributed by atoms with Crippen molar-refractivity contribution in [2.45, 2.75) is 44.9 Å². The number of ether oxygens (including phenoxy) is 1. The Labute approximate surface area is 105 Å². The predicted molar refractivity (Wildman–Crippen MR) is 68.9 cm³/mol. The first-order valence-electron chi connectivity index (χ1n) is 6.46. The van der Waals surface area contributed by atoms with E-state index >= 15 is 0 Å². The van der Waals surface area contributed by atoms with Crippen LogP contribution in [-0.4, -0.2) is 55.4 Å². The number of hydrogen-bond donors (Lipinski definition) is 4. The van der Waals surface area contributed by atoms with Crippen LogP contribution >= 0.6 is 0 Å². The molecule has 0 aromatic carbocycles. The monoisotopic (exact) mass is 248 g/mol. The molecule has 2 atom stereocenters. The van der Waals surface area contributed by atoms with Crippen molar-refractivity contribution < 1.29 is 14.9 Å². The van der Waals surface area contributed by atoms with Crippen LogP contribution in [0.5, 0.6) is 0 Å². The van der Waals surface area contributed by atoms with E-state index in [4.69, 9.17) is 4.74 Å². The van der Waals surface area contributed by atoms with Gasteiger partial charge < -0.3 is 20.3 Å². The smallest absolute Gasteiger partial charge is 0.139 e. The number of rotatable bonds is 11. The molecule has 0 unspecified atom stereocenters. The second-order valence-electron chi connectivity index (χ2n) is 4.38. The van der Waals surface area contributed by atoms with Gasteiger partial charge in [0.25, 0.3) is 0 Å². The minimum absolute atomic E-state index is 0.131. The van der Waals surface area contributed by atoms with Gasteiger partial charge in [-0.1, -0.05) is 20.3 Å². The van der Waals surface area contributed by atoms with E-state index < -0.39 is 11.8 Å². The van der Waals surface area contributed by atoms with E-state index in [9.17, 15) is 10.2 Å². The summed E-state index contributed by atoms with van der Waals surface area (Å²) < 4.78 is 5.40. The zero-order chi connectivity index (χ0) is 13.1. The average molecular weight is 248 g/mol. The largest absolute Gasteiger partial charge is 0.382 e. The molecule has 5 heteroatoms. The van der Waals surface area contributed by atoms with E-state index in [-0.39, 0.29) is 6.61 Å². The summed E-state index contributed by atoms with van der Waals surface area (Å²) >= 11 is 0. The summed E-state index contributed by atoms with van der Waals surface area (Å²) in [7, 11) is 1.61. The molecule has 17 heavy (non-hydrogen) atoms. The van der Waals surface area contributed by atoms with E-state index in [2.05, 4.69) is 24.5 Å². The van der Waals surface area contributed by atoms with Crippen LogP contribution in [0.1, 0.15) is 33.1 Å². The van der Waals surface area contributed by atoms with Gasteiger partial charge >= 0.3 is 0 Å². The third-order valence-electron chi connectivity index (χ3n) is 2.63. The molecule has 0 saturated carbocycles. The van der Waals surface area contributed by atoms with Gasteiger partial charge in [0.15, 0.2) is 0 Å². The Balaban J connectivity index is 4.09. The molecule has 0 aliphatic heterocycles. The molecule has 0 spiro atoms. The maximum atomic E-state index is 10.3. The molecule has 0 saturated heterocycles. The fourth-order valence-corrected chi connectivity index (χ4v) is 1.47. The van der Waals surface area contributed by atoms with Gasteiger partial charge in [0.05, 0.1) is 6.61 Å². The van der Waals surface area contributed by atoms with Gasteiger partial charge in [-0.2, -0.15) is 0 Å². The molecule has 0 rings (SSSR count). The zero-order valence-corrected chi connectivity index (χ0v) is 11.3. The third-order valence-corrected chi connectivity index (χ3v) is 2.63. The van der Waals surface area contributed by atoms with Gasteiger partial charge in [-0.15, -0.1) is 0 Å². The highest BCUT2D eigenvalue weighted by Crippen LogP contribution is 2.09. The third kappa shape index (κ3) is 6.95. The van der Waals surface area contributed by atoms with E-state index in [1.807, 2.05) is 0 Å². The van der Waals surface area contributed by atoms with Crippen LogP contribution in [0.3, 0.4) is 0 Å².